The molecule has 0 aromatic carbocycles. The molecule has 3 rings (SSSR count). The van der Waals surface area contributed by atoms with Gasteiger partial charge in [-0.15, -0.1) is 0 Å². The van der Waals surface area contributed by atoms with Crippen LogP contribution in [0.3, 0.4) is 0 Å². The lowest BCUT2D eigenvalue weighted by atomic mass is 9.99. The van der Waals surface area contributed by atoms with Gasteiger partial charge in [-0.25, -0.2) is 0 Å². The highest BCUT2D eigenvalue weighted by Crippen LogP contribution is 2.33. The van der Waals surface area contributed by atoms with E-state index in [0.29, 0.717) is 5.56 Å². The normalized spacial score (nSPS) is 15.2. The fourth-order valence-electron chi connectivity index (χ4n) is 4.25. The van der Waals surface area contributed by atoms with E-state index >= 15 is 0 Å². The number of carbonyl (C=O) groups is 1. The number of nitrogens with zero attached hydrogens (tertiary/aromatic N) is 3. The molecule has 1 saturated heterocycles. The van der Waals surface area contributed by atoms with Crippen LogP contribution >= 0.6 is 0 Å². The van der Waals surface area contributed by atoms with E-state index in [1.807, 2.05) is 25.3 Å². The summed E-state index contributed by atoms with van der Waals surface area (Å²) in [6, 6.07) is 3.95. The third kappa shape index (κ3) is 4.41. The number of hydrogen-bond acceptors (Lipinski definition) is 3. The van der Waals surface area contributed by atoms with E-state index < -0.39 is 0 Å². The fraction of sp³-hybridized carbons (Fsp3) is 0.545. The predicted octanol–water partition coefficient (Wildman–Crippen LogP) is 3.79. The summed E-state index contributed by atoms with van der Waals surface area (Å²) in [4.78, 5) is 19.2. The number of piperidine rings is 1. The number of pyridine rings is 1. The summed E-state index contributed by atoms with van der Waals surface area (Å²) >= 11 is 0. The quantitative estimate of drug-likeness (QED) is 0.771. The molecule has 0 radical (unpaired) electrons. The number of rotatable bonds is 8. The first-order valence-corrected chi connectivity index (χ1v) is 10.3. The van der Waals surface area contributed by atoms with E-state index in [-0.39, 0.29) is 5.91 Å². The van der Waals surface area contributed by atoms with Gasteiger partial charge in [-0.3, -0.25) is 9.78 Å². The van der Waals surface area contributed by atoms with Gasteiger partial charge in [0, 0.05) is 48.0 Å². The summed E-state index contributed by atoms with van der Waals surface area (Å²) in [5.41, 5.74) is 10.7. The van der Waals surface area contributed by atoms with E-state index in [2.05, 4.69) is 21.4 Å². The Balaban J connectivity index is 2.01. The highest BCUT2D eigenvalue weighted by Gasteiger charge is 2.25. The maximum Gasteiger partial charge on any atom is 0.251 e. The maximum absolute atomic E-state index is 12.3. The highest BCUT2D eigenvalue weighted by atomic mass is 16.1. The molecule has 1 amide bonds. The third-order valence-electron chi connectivity index (χ3n) is 5.68. The Bertz CT molecular complexity index is 760. The number of aromatic nitrogens is 2. The summed E-state index contributed by atoms with van der Waals surface area (Å²) < 4.78 is 2.34. The van der Waals surface area contributed by atoms with Crippen molar-refractivity contribution in [1.82, 2.24) is 14.5 Å². The van der Waals surface area contributed by atoms with Gasteiger partial charge in [-0.2, -0.15) is 0 Å². The van der Waals surface area contributed by atoms with Crippen molar-refractivity contribution in [1.29, 1.82) is 0 Å². The van der Waals surface area contributed by atoms with Crippen LogP contribution in [0, 0.1) is 6.92 Å². The number of unbranched alkanes of at least 4 members (excludes halogenated alkanes) is 1. The fourth-order valence-corrected chi connectivity index (χ4v) is 4.25. The molecule has 2 N–H and O–H groups in total. The van der Waals surface area contributed by atoms with Gasteiger partial charge >= 0.3 is 0 Å². The standard InChI is InChI=1S/C22H32N4O/c1-3-4-10-19-21(18-9-8-11-24-16-18)20(22(23)27)17(2)26(19)15-14-25-12-6-5-7-13-25/h8-9,11,16H,3-7,10,12-15H2,1-2H3,(H2,23,27). The molecule has 5 heteroatoms. The molecule has 1 aliphatic heterocycles. The highest BCUT2D eigenvalue weighted by molar-refractivity contribution is 6.02. The van der Waals surface area contributed by atoms with Crippen LogP contribution in [0.1, 0.15) is 60.8 Å². The Labute approximate surface area is 162 Å². The van der Waals surface area contributed by atoms with Gasteiger partial charge in [0.1, 0.15) is 0 Å². The van der Waals surface area contributed by atoms with Gasteiger partial charge in [0.15, 0.2) is 0 Å². The van der Waals surface area contributed by atoms with Gasteiger partial charge in [-0.1, -0.05) is 25.8 Å². The second kappa shape index (κ2) is 9.18. The largest absolute Gasteiger partial charge is 0.366 e. The van der Waals surface area contributed by atoms with E-state index in [0.717, 1.165) is 49.2 Å². The number of amides is 1. The van der Waals surface area contributed by atoms with Crippen molar-refractivity contribution in [3.8, 4) is 11.1 Å². The Morgan fingerprint density at radius 3 is 2.63 bits per heavy atom. The average molecular weight is 369 g/mol. The number of carbonyl (C=O) groups excluding carboxylic acids is 1. The van der Waals surface area contributed by atoms with Crippen molar-refractivity contribution in [3.05, 3.63) is 41.5 Å². The first-order valence-electron chi connectivity index (χ1n) is 10.3. The minimum absolute atomic E-state index is 0.346. The second-order valence-corrected chi connectivity index (χ2v) is 7.55. The number of nitrogens with two attached hydrogens (primary N) is 1. The van der Waals surface area contributed by atoms with Gasteiger partial charge < -0.3 is 15.2 Å². The molecule has 0 bridgehead atoms. The number of likely N-dealkylation sites (tertiary alicyclic amines) is 1. The molecular weight excluding hydrogens is 336 g/mol. The van der Waals surface area contributed by atoms with Gasteiger partial charge in [0.2, 0.25) is 0 Å². The second-order valence-electron chi connectivity index (χ2n) is 7.55. The van der Waals surface area contributed by atoms with E-state index in [4.69, 9.17) is 5.73 Å². The lowest BCUT2D eigenvalue weighted by Crippen LogP contribution is -2.33. The van der Waals surface area contributed by atoms with Crippen molar-refractivity contribution in [2.45, 2.75) is 58.9 Å². The molecule has 1 aliphatic rings. The third-order valence-corrected chi connectivity index (χ3v) is 5.68. The molecule has 0 saturated carbocycles. The van der Waals surface area contributed by atoms with E-state index in [1.165, 1.54) is 38.0 Å². The first kappa shape index (κ1) is 19.6. The van der Waals surface area contributed by atoms with Crippen LogP contribution in [0.4, 0.5) is 0 Å². The van der Waals surface area contributed by atoms with Crippen molar-refractivity contribution >= 4 is 5.91 Å². The monoisotopic (exact) mass is 368 g/mol. The predicted molar refractivity (Wildman–Crippen MR) is 110 cm³/mol. The number of hydrogen-bond donors (Lipinski definition) is 1. The molecule has 0 spiro atoms. The first-order chi connectivity index (χ1) is 13.1. The van der Waals surface area contributed by atoms with Crippen LogP contribution in [0.2, 0.25) is 0 Å². The molecule has 0 unspecified atom stereocenters. The summed E-state index contributed by atoms with van der Waals surface area (Å²) in [6.45, 7) is 8.54. The topological polar surface area (TPSA) is 64.1 Å². The minimum atomic E-state index is -0.346. The SMILES string of the molecule is CCCCc1c(-c2cccnc2)c(C(N)=O)c(C)n1CCN1CCCCC1. The van der Waals surface area contributed by atoms with E-state index in [1.54, 1.807) is 6.20 Å². The zero-order chi connectivity index (χ0) is 19.2. The Morgan fingerprint density at radius 2 is 2.00 bits per heavy atom. The maximum atomic E-state index is 12.3. The van der Waals surface area contributed by atoms with Gasteiger partial charge in [0.25, 0.3) is 5.91 Å². The van der Waals surface area contributed by atoms with Crippen molar-refractivity contribution in [2.24, 2.45) is 5.73 Å². The lowest BCUT2D eigenvalue weighted by Gasteiger charge is -2.27. The van der Waals surface area contributed by atoms with Gasteiger partial charge in [0.05, 0.1) is 5.56 Å². The van der Waals surface area contributed by atoms with Crippen LogP contribution in [0.25, 0.3) is 11.1 Å². The molecule has 27 heavy (non-hydrogen) atoms. The summed E-state index contributed by atoms with van der Waals surface area (Å²) in [7, 11) is 0. The number of primary amides is 1. The summed E-state index contributed by atoms with van der Waals surface area (Å²) in [5, 5.41) is 0. The molecule has 0 aliphatic carbocycles. The Hall–Kier alpha value is -2.14. The molecule has 0 atom stereocenters. The Morgan fingerprint density at radius 1 is 1.22 bits per heavy atom. The molecule has 3 heterocycles. The zero-order valence-electron chi connectivity index (χ0n) is 16.7. The molecule has 1 fully saturated rings. The summed E-state index contributed by atoms with van der Waals surface area (Å²) in [6.07, 6.45) is 10.7. The van der Waals surface area contributed by atoms with Crippen LogP contribution in [0.15, 0.2) is 24.5 Å². The average Bonchev–Trinajstić information content (AvgIpc) is 2.97. The lowest BCUT2D eigenvalue weighted by molar-refractivity contribution is 0.1000. The zero-order valence-corrected chi connectivity index (χ0v) is 16.7. The van der Waals surface area contributed by atoms with Crippen molar-refractivity contribution in [3.63, 3.8) is 0 Å². The molecule has 2 aromatic rings. The van der Waals surface area contributed by atoms with Crippen LogP contribution in [-0.4, -0.2) is 40.0 Å². The molecule has 5 nitrogen and oxygen atoms in total. The molecular formula is C22H32N4O. The van der Waals surface area contributed by atoms with E-state index in [9.17, 15) is 4.79 Å². The van der Waals surface area contributed by atoms with Gasteiger partial charge in [-0.05, 0) is 51.8 Å². The minimum Gasteiger partial charge on any atom is -0.366 e. The van der Waals surface area contributed by atoms with Crippen LogP contribution in [0.5, 0.6) is 0 Å². The van der Waals surface area contributed by atoms with Crippen LogP contribution in [-0.2, 0) is 13.0 Å². The van der Waals surface area contributed by atoms with Crippen molar-refractivity contribution in [2.75, 3.05) is 19.6 Å². The molecule has 146 valence electrons. The van der Waals surface area contributed by atoms with Crippen LogP contribution < -0.4 is 5.73 Å². The van der Waals surface area contributed by atoms with Crippen molar-refractivity contribution < 1.29 is 4.79 Å². The smallest absolute Gasteiger partial charge is 0.251 e. The molecule has 2 aromatic heterocycles. The Kier molecular flexibility index (Phi) is 6.67. The summed E-state index contributed by atoms with van der Waals surface area (Å²) in [5.74, 6) is -0.346.